The number of carbonyl (C=O) groups is 7. The molecule has 28 heteroatoms. The quantitative estimate of drug-likeness (QED) is 0.00736. The largest absolute Gasteiger partial charge is 0.459 e. The minimum absolute atomic E-state index is 0.0111. The fourth-order valence-corrected chi connectivity index (χ4v) is 14.9. The van der Waals surface area contributed by atoms with E-state index in [9.17, 15) is 27.6 Å². The molecule has 2 heterocycles. The highest BCUT2D eigenvalue weighted by atomic mass is 32.2. The Balaban J connectivity index is 0.869. The van der Waals surface area contributed by atoms with Crippen molar-refractivity contribution in [1.82, 2.24) is 56.8 Å². The number of nitrogens with two attached hydrogens (primary N) is 2. The fourth-order valence-electron chi connectivity index (χ4n) is 13.6. The second-order valence-electron chi connectivity index (χ2n) is 28.2. The van der Waals surface area contributed by atoms with Crippen LogP contribution in [0.2, 0.25) is 0 Å². The van der Waals surface area contributed by atoms with Gasteiger partial charge in [-0.1, -0.05) is 164 Å². The SMILES string of the molecule is CN(C)c1cccc2c(S(=O)(=O)NCCCC[C@H](NC(=O)CCCC(=O)Nc3cccc(CN(Cc4ccccc4)Cc4ccccc4)c3)C(=O)N[C@@H](CCCNC(=N)N)C(=O)N[C@@H](Cc3c[nH]c4ccccc34)C(=O)N[C@@H](CCCNC(=N)N)C(=O)N[C@@H](Cc3c[nH]c4ccccc34)C(=O)OCc3ccccc3)cccc12. The van der Waals surface area contributed by atoms with Gasteiger partial charge in [-0.25, -0.2) is 17.9 Å². The number of nitrogens with one attached hydrogen (secondary N) is 13. The molecule has 0 unspecified atom stereocenters. The number of carbonyl (C=O) groups excluding carboxylic acids is 7. The van der Waals surface area contributed by atoms with Crippen molar-refractivity contribution in [3.05, 3.63) is 246 Å². The first-order chi connectivity index (χ1) is 54.6. The zero-order chi connectivity index (χ0) is 80.1. The normalized spacial score (nSPS) is 12.7. The molecule has 0 spiro atoms. The van der Waals surface area contributed by atoms with Crippen molar-refractivity contribution in [2.24, 2.45) is 11.5 Å². The van der Waals surface area contributed by atoms with E-state index in [0.29, 0.717) is 47.4 Å². The molecule has 0 bridgehead atoms. The maximum atomic E-state index is 15.3. The Morgan fingerprint density at radius 3 is 1.48 bits per heavy atom. The third kappa shape index (κ3) is 25.3. The monoisotopic (exact) mass is 1550 g/mol. The number of rotatable bonds is 43. The maximum Gasteiger partial charge on any atom is 0.329 e. The van der Waals surface area contributed by atoms with Crippen LogP contribution >= 0.6 is 0 Å². The van der Waals surface area contributed by atoms with Gasteiger partial charge in [0.2, 0.25) is 45.5 Å². The molecule has 592 valence electrons. The van der Waals surface area contributed by atoms with Crippen molar-refractivity contribution in [3.8, 4) is 0 Å². The molecule has 0 aliphatic rings. The lowest BCUT2D eigenvalue weighted by molar-refractivity contribution is -0.149. The standard InChI is InChI=1S/C85H101N17O10S/c1-101(2)75-41-19-35-67-66(75)34-20-42-76(67)113(110,111)94-47-17-16-38-70(96-78(104)44-21-43-77(103)95-63-31-18-30-60(48-63)55-102(53-57-24-6-3-7-25-57)54-58-26-8-4-9-27-58)79(105)97-71(39-22-45-90-84(86)87)80(106)99-73(49-61-51-92-68-36-14-12-32-64(61)68)82(108)98-72(40-23-46-91-85(88)89)81(107)100-74(83(109)112-56-59-28-10-5-11-29-59)50-62-52-93-69-37-15-13-33-65(62)69/h3-15,18-20,24-37,41-42,48,51-52,70-74,92-94H,16-17,21-23,38-40,43-47,49-50,53-56H2,1-2H3,(H,95,103)(H,96,104)(H,97,105)(H,98,108)(H,99,106)(H,100,107)(H4,86,87,90)(H4,88,89,91)/t70-,71-,72-,73-,74-/m0/s1. The van der Waals surface area contributed by atoms with Gasteiger partial charge in [0.15, 0.2) is 11.9 Å². The van der Waals surface area contributed by atoms with Gasteiger partial charge in [0.1, 0.15) is 36.8 Å². The molecule has 0 saturated heterocycles. The number of unbranched alkanes of at least 4 members (excludes halogenated alkanes) is 1. The number of hydrogen-bond acceptors (Lipinski definition) is 14. The molecule has 2 aromatic heterocycles. The van der Waals surface area contributed by atoms with E-state index < -0.39 is 75.7 Å². The number of benzene rings is 8. The van der Waals surface area contributed by atoms with Gasteiger partial charge in [-0.3, -0.25) is 44.5 Å². The summed E-state index contributed by atoms with van der Waals surface area (Å²) in [5.74, 6) is -5.58. The number of para-hydroxylation sites is 2. The number of guanidine groups is 2. The summed E-state index contributed by atoms with van der Waals surface area (Å²) in [7, 11) is -0.332. The third-order valence-electron chi connectivity index (χ3n) is 19.3. The molecule has 8 aromatic carbocycles. The maximum absolute atomic E-state index is 15.3. The van der Waals surface area contributed by atoms with Gasteiger partial charge < -0.3 is 73.6 Å². The van der Waals surface area contributed by atoms with E-state index in [0.717, 1.165) is 49.6 Å². The van der Waals surface area contributed by atoms with Crippen LogP contribution in [0.5, 0.6) is 0 Å². The van der Waals surface area contributed by atoms with Crippen molar-refractivity contribution in [1.29, 1.82) is 10.8 Å². The number of esters is 1. The van der Waals surface area contributed by atoms with Crippen LogP contribution in [-0.2, 0) is 87.4 Å². The molecule has 0 aliphatic heterocycles. The lowest BCUT2D eigenvalue weighted by atomic mass is 10.0. The molecule has 17 N–H and O–H groups in total. The number of hydrogen-bond donors (Lipinski definition) is 15. The predicted octanol–water partition coefficient (Wildman–Crippen LogP) is 8.51. The third-order valence-corrected chi connectivity index (χ3v) is 20.8. The van der Waals surface area contributed by atoms with Crippen LogP contribution in [0.1, 0.15) is 97.6 Å². The van der Waals surface area contributed by atoms with Gasteiger partial charge in [-0.05, 0) is 121 Å². The lowest BCUT2D eigenvalue weighted by Gasteiger charge is -2.27. The molecule has 0 aliphatic carbocycles. The number of nitrogens with zero attached hydrogens (tertiary/aromatic N) is 2. The topological polar surface area (TPSA) is 409 Å². The highest BCUT2D eigenvalue weighted by molar-refractivity contribution is 7.89. The van der Waals surface area contributed by atoms with Gasteiger partial charge in [-0.15, -0.1) is 0 Å². The van der Waals surface area contributed by atoms with Crippen molar-refractivity contribution < 1.29 is 46.7 Å². The van der Waals surface area contributed by atoms with Gasteiger partial charge in [0, 0.05) is 135 Å². The Labute approximate surface area is 658 Å². The van der Waals surface area contributed by atoms with Gasteiger partial charge in [0.05, 0.1) is 4.90 Å². The fraction of sp³-hybridized carbons (Fsp3) is 0.306. The van der Waals surface area contributed by atoms with E-state index in [1.807, 2.05) is 140 Å². The summed E-state index contributed by atoms with van der Waals surface area (Å²) >= 11 is 0. The number of amides is 6. The minimum Gasteiger partial charge on any atom is -0.459 e. The first-order valence-electron chi connectivity index (χ1n) is 38.0. The van der Waals surface area contributed by atoms with Crippen molar-refractivity contribution >= 4 is 107 Å². The van der Waals surface area contributed by atoms with Crippen LogP contribution in [-0.4, -0.2) is 141 Å². The highest BCUT2D eigenvalue weighted by Gasteiger charge is 2.34. The van der Waals surface area contributed by atoms with Gasteiger partial charge in [0.25, 0.3) is 0 Å². The summed E-state index contributed by atoms with van der Waals surface area (Å²) < 4.78 is 36.6. The van der Waals surface area contributed by atoms with Crippen molar-refractivity contribution in [2.45, 2.75) is 138 Å². The number of anilines is 2. The van der Waals surface area contributed by atoms with Gasteiger partial charge in [-0.2, -0.15) is 0 Å². The lowest BCUT2D eigenvalue weighted by Crippen LogP contribution is -2.59. The van der Waals surface area contributed by atoms with E-state index in [4.69, 9.17) is 27.0 Å². The summed E-state index contributed by atoms with van der Waals surface area (Å²) in [5, 5.41) is 41.2. The Bertz CT molecular complexity index is 4960. The van der Waals surface area contributed by atoms with Crippen LogP contribution in [0.25, 0.3) is 32.6 Å². The average Bonchev–Trinajstić information content (AvgIpc) is 1.51. The second-order valence-corrected chi connectivity index (χ2v) is 29.9. The molecule has 0 radical (unpaired) electrons. The van der Waals surface area contributed by atoms with Crippen LogP contribution < -0.4 is 63.6 Å². The summed E-state index contributed by atoms with van der Waals surface area (Å²) in [5.41, 5.74) is 19.6. The molecule has 5 atom stereocenters. The van der Waals surface area contributed by atoms with E-state index in [1.54, 1.807) is 60.9 Å². The van der Waals surface area contributed by atoms with Crippen molar-refractivity contribution in [2.75, 3.05) is 43.9 Å². The molecule has 0 fully saturated rings. The molecule has 10 aromatic rings. The van der Waals surface area contributed by atoms with E-state index in [-0.39, 0.29) is 126 Å². The number of sulfonamides is 1. The summed E-state index contributed by atoms with van der Waals surface area (Å²) in [4.78, 5) is 114. The first-order valence-corrected chi connectivity index (χ1v) is 39.5. The number of H-pyrrole nitrogens is 2. The van der Waals surface area contributed by atoms with Gasteiger partial charge >= 0.3 is 5.97 Å². The summed E-state index contributed by atoms with van der Waals surface area (Å²) in [6, 6.07) is 55.4. The predicted molar refractivity (Wildman–Crippen MR) is 440 cm³/mol. The Morgan fingerprint density at radius 2 is 0.903 bits per heavy atom. The van der Waals surface area contributed by atoms with Crippen LogP contribution in [0, 0.1) is 10.8 Å². The van der Waals surface area contributed by atoms with E-state index >= 15 is 14.4 Å². The Kier molecular flexibility index (Phi) is 30.6. The number of ether oxygens (including phenoxy) is 1. The van der Waals surface area contributed by atoms with Crippen LogP contribution in [0.3, 0.4) is 0 Å². The molecule has 6 amide bonds. The molecular weight excluding hydrogens is 1450 g/mol. The first kappa shape index (κ1) is 83.1. The summed E-state index contributed by atoms with van der Waals surface area (Å²) in [6.45, 7) is 2.03. The Hall–Kier alpha value is -12.4. The molecule has 0 saturated carbocycles. The second kappa shape index (κ2) is 41.6. The summed E-state index contributed by atoms with van der Waals surface area (Å²) in [6.07, 6.45) is 3.61. The molecular formula is C85H101N17O10S. The minimum atomic E-state index is -4.08. The Morgan fingerprint density at radius 1 is 0.451 bits per heavy atom. The molecule has 10 rings (SSSR count). The van der Waals surface area contributed by atoms with E-state index in [2.05, 4.69) is 86.4 Å². The van der Waals surface area contributed by atoms with E-state index in [1.165, 1.54) is 6.07 Å². The number of aromatic amines is 2. The highest BCUT2D eigenvalue weighted by Crippen LogP contribution is 2.31. The van der Waals surface area contributed by atoms with Crippen LogP contribution in [0.4, 0.5) is 11.4 Å². The smallest absolute Gasteiger partial charge is 0.329 e. The molecule has 27 nitrogen and oxygen atoms in total. The zero-order valence-electron chi connectivity index (χ0n) is 63.6. The number of fused-ring (bicyclic) bond motifs is 3. The average molecular weight is 1550 g/mol. The zero-order valence-corrected chi connectivity index (χ0v) is 64.4. The van der Waals surface area contributed by atoms with Crippen LogP contribution in [0.15, 0.2) is 217 Å². The van der Waals surface area contributed by atoms with Crippen molar-refractivity contribution in [3.63, 3.8) is 0 Å². The number of aromatic nitrogens is 2. The molecule has 113 heavy (non-hydrogen) atoms.